The van der Waals surface area contributed by atoms with Crippen LogP contribution in [0.3, 0.4) is 0 Å². The molecule has 0 aliphatic rings. The minimum atomic E-state index is -4.60. The number of aromatic nitrogens is 2. The molecule has 0 bridgehead atoms. The van der Waals surface area contributed by atoms with Gasteiger partial charge in [0.1, 0.15) is 13.1 Å². The fourth-order valence-electron chi connectivity index (χ4n) is 1.35. The number of amides is 1. The normalized spacial score (nSPS) is 10.9. The van der Waals surface area contributed by atoms with E-state index in [1.54, 1.807) is 0 Å². The van der Waals surface area contributed by atoms with Crippen molar-refractivity contribution in [1.82, 2.24) is 14.7 Å². The molecule has 20 heavy (non-hydrogen) atoms. The summed E-state index contributed by atoms with van der Waals surface area (Å²) >= 11 is 0. The van der Waals surface area contributed by atoms with Crippen LogP contribution >= 0.6 is 0 Å². The van der Waals surface area contributed by atoms with Crippen LogP contribution in [0.15, 0.2) is 12.3 Å². The summed E-state index contributed by atoms with van der Waals surface area (Å²) in [7, 11) is 0. The average molecular weight is 289 g/mol. The molecule has 0 spiro atoms. The monoisotopic (exact) mass is 289 g/mol. The smallest absolute Gasteiger partial charge is 0.435 e. The third kappa shape index (κ3) is 4.31. The molecule has 0 aromatic carbocycles. The Balaban J connectivity index is 2.76. The zero-order chi connectivity index (χ0) is 15.3. The number of carbonyl (C=O) groups excluding carboxylic acids is 1. The van der Waals surface area contributed by atoms with Gasteiger partial charge in [-0.1, -0.05) is 5.92 Å². The van der Waals surface area contributed by atoms with Crippen molar-refractivity contribution >= 4 is 11.9 Å². The molecule has 0 saturated carbocycles. The number of nitrogens with zero attached hydrogens (tertiary/aromatic N) is 3. The summed E-state index contributed by atoms with van der Waals surface area (Å²) in [5, 5.41) is 11.8. The molecule has 6 nitrogen and oxygen atoms in total. The van der Waals surface area contributed by atoms with E-state index in [1.807, 2.05) is 0 Å². The van der Waals surface area contributed by atoms with Gasteiger partial charge in [-0.05, 0) is 6.07 Å². The first-order valence-corrected chi connectivity index (χ1v) is 5.27. The molecule has 1 amide bonds. The molecule has 0 aliphatic carbocycles. The molecule has 0 aliphatic heterocycles. The van der Waals surface area contributed by atoms with Gasteiger partial charge in [-0.3, -0.25) is 14.3 Å². The van der Waals surface area contributed by atoms with Crippen molar-refractivity contribution in [2.24, 2.45) is 0 Å². The van der Waals surface area contributed by atoms with Gasteiger partial charge in [0.2, 0.25) is 5.91 Å². The van der Waals surface area contributed by atoms with Crippen LogP contribution in [0.1, 0.15) is 5.69 Å². The molecule has 1 aromatic rings. The van der Waals surface area contributed by atoms with E-state index >= 15 is 0 Å². The second-order valence-electron chi connectivity index (χ2n) is 3.74. The number of carboxylic acids is 1. The highest BCUT2D eigenvalue weighted by molar-refractivity contribution is 5.81. The minimum absolute atomic E-state index is 0.251. The Kier molecular flexibility index (Phi) is 4.74. The zero-order valence-corrected chi connectivity index (χ0v) is 10.1. The average Bonchev–Trinajstić information content (AvgIpc) is 2.76. The number of carboxylic acid groups (broad SMARTS) is 1. The quantitative estimate of drug-likeness (QED) is 0.798. The molecule has 1 rings (SSSR count). The van der Waals surface area contributed by atoms with E-state index < -0.39 is 36.8 Å². The molecular formula is C11H10F3N3O3. The summed E-state index contributed by atoms with van der Waals surface area (Å²) in [6, 6.07) is 0.718. The summed E-state index contributed by atoms with van der Waals surface area (Å²) < 4.78 is 37.7. The van der Waals surface area contributed by atoms with Crippen molar-refractivity contribution in [1.29, 1.82) is 0 Å². The van der Waals surface area contributed by atoms with Gasteiger partial charge in [0.05, 0.1) is 6.54 Å². The highest BCUT2D eigenvalue weighted by Gasteiger charge is 2.33. The van der Waals surface area contributed by atoms with Gasteiger partial charge in [0, 0.05) is 6.20 Å². The Hall–Kier alpha value is -2.50. The zero-order valence-electron chi connectivity index (χ0n) is 10.1. The SMILES string of the molecule is C#CCN(CC(=O)O)C(=O)Cn1ccc(C(F)(F)F)n1. The van der Waals surface area contributed by atoms with E-state index in [9.17, 15) is 22.8 Å². The lowest BCUT2D eigenvalue weighted by Gasteiger charge is -2.17. The van der Waals surface area contributed by atoms with Crippen LogP contribution in [0.2, 0.25) is 0 Å². The second kappa shape index (κ2) is 6.10. The highest BCUT2D eigenvalue weighted by Crippen LogP contribution is 2.27. The number of carbonyl (C=O) groups is 2. The number of alkyl halides is 3. The molecule has 0 radical (unpaired) electrons. The molecule has 108 valence electrons. The van der Waals surface area contributed by atoms with Crippen LogP contribution in [-0.2, 0) is 22.3 Å². The van der Waals surface area contributed by atoms with Gasteiger partial charge >= 0.3 is 12.1 Å². The number of hydrogen-bond acceptors (Lipinski definition) is 3. The van der Waals surface area contributed by atoms with Crippen LogP contribution in [-0.4, -0.2) is 44.8 Å². The van der Waals surface area contributed by atoms with Crippen LogP contribution in [0.25, 0.3) is 0 Å². The maximum atomic E-state index is 12.3. The van der Waals surface area contributed by atoms with Crippen LogP contribution in [0.5, 0.6) is 0 Å². The lowest BCUT2D eigenvalue weighted by atomic mass is 10.4. The molecule has 9 heteroatoms. The summed E-state index contributed by atoms with van der Waals surface area (Å²) in [6.45, 7) is -1.40. The third-order valence-electron chi connectivity index (χ3n) is 2.19. The van der Waals surface area contributed by atoms with Crippen LogP contribution in [0, 0.1) is 12.3 Å². The van der Waals surface area contributed by atoms with E-state index in [1.165, 1.54) is 0 Å². The van der Waals surface area contributed by atoms with E-state index in [-0.39, 0.29) is 6.54 Å². The van der Waals surface area contributed by atoms with Crippen LogP contribution in [0.4, 0.5) is 13.2 Å². The van der Waals surface area contributed by atoms with E-state index in [2.05, 4.69) is 11.0 Å². The number of hydrogen-bond donors (Lipinski definition) is 1. The number of rotatable bonds is 5. The lowest BCUT2D eigenvalue weighted by molar-refractivity contribution is -0.144. The largest absolute Gasteiger partial charge is 0.480 e. The number of aliphatic carboxylic acids is 1. The van der Waals surface area contributed by atoms with Crippen LogP contribution < -0.4 is 0 Å². The Morgan fingerprint density at radius 1 is 1.50 bits per heavy atom. The van der Waals surface area contributed by atoms with Crippen molar-refractivity contribution in [2.45, 2.75) is 12.7 Å². The second-order valence-corrected chi connectivity index (χ2v) is 3.74. The van der Waals surface area contributed by atoms with Crippen molar-refractivity contribution in [3.8, 4) is 12.3 Å². The van der Waals surface area contributed by atoms with Gasteiger partial charge in [-0.25, -0.2) is 0 Å². The molecule has 1 N–H and O–H groups in total. The third-order valence-corrected chi connectivity index (χ3v) is 2.19. The van der Waals surface area contributed by atoms with Gasteiger partial charge in [-0.15, -0.1) is 6.42 Å². The summed E-state index contributed by atoms with van der Waals surface area (Å²) in [5.41, 5.74) is -1.13. The Morgan fingerprint density at radius 2 is 2.15 bits per heavy atom. The molecule has 0 atom stereocenters. The molecule has 1 heterocycles. The Morgan fingerprint density at radius 3 is 2.60 bits per heavy atom. The van der Waals surface area contributed by atoms with Crippen molar-refractivity contribution in [3.63, 3.8) is 0 Å². The molecular weight excluding hydrogens is 279 g/mol. The first-order valence-electron chi connectivity index (χ1n) is 5.27. The predicted octanol–water partition coefficient (Wildman–Crippen LogP) is 0.448. The lowest BCUT2D eigenvalue weighted by Crippen LogP contribution is -2.38. The molecule has 1 aromatic heterocycles. The minimum Gasteiger partial charge on any atom is -0.480 e. The Labute approximate surface area is 111 Å². The standard InChI is InChI=1S/C11H10F3N3O3/c1-2-4-16(7-10(19)20)9(18)6-17-5-3-8(15-17)11(12,13)14/h1,3,5H,4,6-7H2,(H,19,20). The van der Waals surface area contributed by atoms with Crippen molar-refractivity contribution in [3.05, 3.63) is 18.0 Å². The number of halogens is 3. The van der Waals surface area contributed by atoms with E-state index in [0.29, 0.717) is 0 Å². The predicted molar refractivity (Wildman–Crippen MR) is 60.3 cm³/mol. The summed E-state index contributed by atoms with van der Waals surface area (Å²) in [6.07, 6.45) is 1.37. The maximum absolute atomic E-state index is 12.3. The highest BCUT2D eigenvalue weighted by atomic mass is 19.4. The van der Waals surface area contributed by atoms with Gasteiger partial charge < -0.3 is 10.0 Å². The van der Waals surface area contributed by atoms with Crippen molar-refractivity contribution < 1.29 is 27.9 Å². The summed E-state index contributed by atoms with van der Waals surface area (Å²) in [5.74, 6) is 0.0942. The molecule has 0 unspecified atom stereocenters. The van der Waals surface area contributed by atoms with Gasteiger partial charge in [0.15, 0.2) is 5.69 Å². The Bertz CT molecular complexity index is 545. The van der Waals surface area contributed by atoms with Crippen molar-refractivity contribution in [2.75, 3.05) is 13.1 Å². The number of terminal acetylenes is 1. The molecule has 0 saturated heterocycles. The fourth-order valence-corrected chi connectivity index (χ4v) is 1.35. The van der Waals surface area contributed by atoms with Gasteiger partial charge in [-0.2, -0.15) is 18.3 Å². The van der Waals surface area contributed by atoms with E-state index in [0.717, 1.165) is 21.8 Å². The molecule has 0 fully saturated rings. The first-order chi connectivity index (χ1) is 9.24. The fraction of sp³-hybridized carbons (Fsp3) is 0.364. The topological polar surface area (TPSA) is 75.4 Å². The summed E-state index contributed by atoms with van der Waals surface area (Å²) in [4.78, 5) is 23.1. The first kappa shape index (κ1) is 15.6. The van der Waals surface area contributed by atoms with Gasteiger partial charge in [0.25, 0.3) is 0 Å². The maximum Gasteiger partial charge on any atom is 0.435 e. The van der Waals surface area contributed by atoms with E-state index in [4.69, 9.17) is 11.5 Å².